The number of hydrogen-bond donors (Lipinski definition) is 2. The van der Waals surface area contributed by atoms with Crippen LogP contribution in [0.15, 0.2) is 41.5 Å². The zero-order valence-electron chi connectivity index (χ0n) is 10.7. The van der Waals surface area contributed by atoms with Crippen molar-refractivity contribution >= 4 is 5.69 Å². The number of aryl methyl sites for hydroxylation is 1. The van der Waals surface area contributed by atoms with E-state index in [1.807, 2.05) is 25.1 Å². The van der Waals surface area contributed by atoms with Gasteiger partial charge in [-0.15, -0.1) is 0 Å². The normalized spacial score (nSPS) is 23.9. The van der Waals surface area contributed by atoms with Crippen LogP contribution in [0.5, 0.6) is 5.75 Å². The molecule has 1 atom stereocenters. The second-order valence-electron chi connectivity index (χ2n) is 4.67. The second kappa shape index (κ2) is 3.69. The molecule has 3 N–H and O–H groups in total. The van der Waals surface area contributed by atoms with Crippen LogP contribution >= 0.6 is 0 Å². The molecular weight excluding hydrogens is 242 g/mol. The van der Waals surface area contributed by atoms with Crippen molar-refractivity contribution in [2.24, 2.45) is 5.73 Å². The molecule has 2 aliphatic rings. The fraction of sp³-hybridized carbons (Fsp3) is 0.214. The molecular formula is C14H13N3O2. The molecule has 0 saturated heterocycles. The maximum Gasteiger partial charge on any atom is 0.245 e. The van der Waals surface area contributed by atoms with Gasteiger partial charge >= 0.3 is 0 Å². The molecule has 0 aromatic heterocycles. The second-order valence-corrected chi connectivity index (χ2v) is 4.67. The quantitative estimate of drug-likeness (QED) is 0.742. The van der Waals surface area contributed by atoms with E-state index < -0.39 is 5.72 Å². The van der Waals surface area contributed by atoms with Crippen LogP contribution in [0.2, 0.25) is 0 Å². The van der Waals surface area contributed by atoms with Gasteiger partial charge in [-0.05, 0) is 31.5 Å². The summed E-state index contributed by atoms with van der Waals surface area (Å²) < 4.78 is 11.2. The Morgan fingerprint density at radius 2 is 2.16 bits per heavy atom. The lowest BCUT2D eigenvalue weighted by Gasteiger charge is -2.30. The number of nitrogens with two attached hydrogens (primary N) is 1. The largest absolute Gasteiger partial charge is 0.457 e. The average Bonchev–Trinajstić information content (AvgIpc) is 2.65. The van der Waals surface area contributed by atoms with Crippen molar-refractivity contribution in [3.05, 3.63) is 47.1 Å². The Morgan fingerprint density at radius 3 is 2.89 bits per heavy atom. The van der Waals surface area contributed by atoms with E-state index in [9.17, 15) is 5.26 Å². The highest BCUT2D eigenvalue weighted by Gasteiger charge is 2.45. The van der Waals surface area contributed by atoms with Gasteiger partial charge in [0.2, 0.25) is 11.6 Å². The standard InChI is InChI=1S/C14H13N3O2/c1-8-3-4-12-11(5-8)17-14(19-12)6-9(2)18-13(16)10(14)7-15/h3-6,17H,16H2,1-2H3/t14-/m1/s1. The maximum atomic E-state index is 9.29. The number of benzene rings is 1. The molecule has 19 heavy (non-hydrogen) atoms. The Kier molecular flexibility index (Phi) is 2.23. The van der Waals surface area contributed by atoms with Crippen molar-refractivity contribution in [3.63, 3.8) is 0 Å². The van der Waals surface area contributed by atoms with Gasteiger partial charge in [-0.1, -0.05) is 6.07 Å². The van der Waals surface area contributed by atoms with E-state index in [0.717, 1.165) is 11.3 Å². The fourth-order valence-corrected chi connectivity index (χ4v) is 2.34. The first-order valence-corrected chi connectivity index (χ1v) is 5.89. The third kappa shape index (κ3) is 1.61. The highest BCUT2D eigenvalue weighted by molar-refractivity contribution is 5.68. The highest BCUT2D eigenvalue weighted by atomic mass is 16.5. The first-order valence-electron chi connectivity index (χ1n) is 5.89. The van der Waals surface area contributed by atoms with Gasteiger partial charge in [-0.2, -0.15) is 5.26 Å². The third-order valence-corrected chi connectivity index (χ3v) is 3.13. The zero-order valence-corrected chi connectivity index (χ0v) is 10.7. The number of nitrogens with zero attached hydrogens (tertiary/aromatic N) is 1. The molecule has 0 fully saturated rings. The predicted octanol–water partition coefficient (Wildman–Crippen LogP) is 2.12. The van der Waals surface area contributed by atoms with Gasteiger partial charge in [0.25, 0.3) is 0 Å². The lowest BCUT2D eigenvalue weighted by atomic mass is 10.0. The Morgan fingerprint density at radius 1 is 1.37 bits per heavy atom. The molecule has 0 saturated carbocycles. The van der Waals surface area contributed by atoms with Crippen molar-refractivity contribution in [1.29, 1.82) is 5.26 Å². The number of fused-ring (bicyclic) bond motifs is 1. The van der Waals surface area contributed by atoms with Crippen LogP contribution in [-0.4, -0.2) is 5.72 Å². The fourth-order valence-electron chi connectivity index (χ4n) is 2.34. The Hall–Kier alpha value is -2.61. The first kappa shape index (κ1) is 11.5. The van der Waals surface area contributed by atoms with E-state index >= 15 is 0 Å². The van der Waals surface area contributed by atoms with Gasteiger partial charge in [0.1, 0.15) is 17.6 Å². The van der Waals surface area contributed by atoms with Gasteiger partial charge < -0.3 is 20.5 Å². The van der Waals surface area contributed by atoms with E-state index in [1.54, 1.807) is 13.0 Å². The lowest BCUT2D eigenvalue weighted by molar-refractivity contribution is 0.175. The van der Waals surface area contributed by atoms with Crippen LogP contribution in [-0.2, 0) is 4.74 Å². The topological polar surface area (TPSA) is 80.3 Å². The van der Waals surface area contributed by atoms with Gasteiger partial charge in [-0.3, -0.25) is 0 Å². The Labute approximate surface area is 110 Å². The Balaban J connectivity index is 2.12. The van der Waals surface area contributed by atoms with Crippen LogP contribution in [0.4, 0.5) is 5.69 Å². The van der Waals surface area contributed by atoms with Crippen LogP contribution < -0.4 is 15.8 Å². The number of nitriles is 1. The molecule has 2 heterocycles. The number of rotatable bonds is 0. The minimum Gasteiger partial charge on any atom is -0.457 e. The van der Waals surface area contributed by atoms with Crippen LogP contribution in [0.3, 0.4) is 0 Å². The summed E-state index contributed by atoms with van der Waals surface area (Å²) in [6.07, 6.45) is 1.72. The van der Waals surface area contributed by atoms with Crippen LogP contribution in [0.1, 0.15) is 12.5 Å². The molecule has 0 amide bonds. The molecule has 0 bridgehead atoms. The average molecular weight is 255 g/mol. The Bertz CT molecular complexity index is 670. The monoisotopic (exact) mass is 255 g/mol. The van der Waals surface area contributed by atoms with E-state index in [4.69, 9.17) is 15.2 Å². The summed E-state index contributed by atoms with van der Waals surface area (Å²) in [7, 11) is 0. The molecule has 1 spiro atoms. The molecule has 0 radical (unpaired) electrons. The zero-order chi connectivity index (χ0) is 13.6. The molecule has 96 valence electrons. The summed E-state index contributed by atoms with van der Waals surface area (Å²) in [6, 6.07) is 7.84. The number of ether oxygens (including phenoxy) is 2. The van der Waals surface area contributed by atoms with E-state index in [1.165, 1.54) is 0 Å². The molecule has 1 aromatic carbocycles. The van der Waals surface area contributed by atoms with Crippen molar-refractivity contribution in [1.82, 2.24) is 0 Å². The molecule has 2 aliphatic heterocycles. The summed E-state index contributed by atoms with van der Waals surface area (Å²) in [5, 5.41) is 12.5. The van der Waals surface area contributed by atoms with Gasteiger partial charge in [0.05, 0.1) is 5.69 Å². The third-order valence-electron chi connectivity index (χ3n) is 3.13. The van der Waals surface area contributed by atoms with Crippen LogP contribution in [0.25, 0.3) is 0 Å². The van der Waals surface area contributed by atoms with Crippen molar-refractivity contribution < 1.29 is 9.47 Å². The van der Waals surface area contributed by atoms with Gasteiger partial charge in [0.15, 0.2) is 5.57 Å². The summed E-state index contributed by atoms with van der Waals surface area (Å²) >= 11 is 0. The molecule has 0 unspecified atom stereocenters. The van der Waals surface area contributed by atoms with Crippen molar-refractivity contribution in [2.45, 2.75) is 19.6 Å². The minimum absolute atomic E-state index is 0.0690. The maximum absolute atomic E-state index is 9.29. The van der Waals surface area contributed by atoms with Gasteiger partial charge in [-0.25, -0.2) is 0 Å². The van der Waals surface area contributed by atoms with E-state index in [-0.39, 0.29) is 11.5 Å². The predicted molar refractivity (Wildman–Crippen MR) is 69.8 cm³/mol. The van der Waals surface area contributed by atoms with Crippen LogP contribution in [0, 0.1) is 18.3 Å². The minimum atomic E-state index is -1.06. The number of allylic oxidation sites excluding steroid dienone is 1. The highest BCUT2D eigenvalue weighted by Crippen LogP contribution is 2.43. The van der Waals surface area contributed by atoms with Crippen molar-refractivity contribution in [3.8, 4) is 11.8 Å². The molecule has 5 heteroatoms. The molecule has 5 nitrogen and oxygen atoms in total. The molecule has 1 aromatic rings. The summed E-state index contributed by atoms with van der Waals surface area (Å²) in [5.74, 6) is 1.35. The lowest BCUT2D eigenvalue weighted by Crippen LogP contribution is -2.44. The summed E-state index contributed by atoms with van der Waals surface area (Å²) in [5.41, 5.74) is 6.89. The van der Waals surface area contributed by atoms with E-state index in [0.29, 0.717) is 11.5 Å². The number of anilines is 1. The summed E-state index contributed by atoms with van der Waals surface area (Å²) in [6.45, 7) is 3.76. The number of hydrogen-bond acceptors (Lipinski definition) is 5. The number of nitrogens with one attached hydrogen (secondary N) is 1. The smallest absolute Gasteiger partial charge is 0.245 e. The SMILES string of the molecule is CC1=C[C@]2(Nc3cc(C)ccc3O2)C(C#N)=C(N)O1. The van der Waals surface area contributed by atoms with Crippen molar-refractivity contribution in [2.75, 3.05) is 5.32 Å². The first-order chi connectivity index (χ1) is 9.04. The van der Waals surface area contributed by atoms with E-state index in [2.05, 4.69) is 11.4 Å². The summed E-state index contributed by atoms with van der Waals surface area (Å²) in [4.78, 5) is 0. The van der Waals surface area contributed by atoms with Gasteiger partial charge in [0, 0.05) is 6.08 Å². The molecule has 0 aliphatic carbocycles. The molecule has 3 rings (SSSR count).